The second-order valence-electron chi connectivity index (χ2n) is 4.68. The summed E-state index contributed by atoms with van der Waals surface area (Å²) in [5.41, 5.74) is 1.74. The van der Waals surface area contributed by atoms with Crippen molar-refractivity contribution in [1.82, 2.24) is 5.32 Å². The molecule has 0 saturated heterocycles. The van der Waals surface area contributed by atoms with Gasteiger partial charge in [0.15, 0.2) is 11.6 Å². The van der Waals surface area contributed by atoms with Crippen molar-refractivity contribution in [3.63, 3.8) is 0 Å². The lowest BCUT2D eigenvalue weighted by Gasteiger charge is -2.19. The van der Waals surface area contributed by atoms with Gasteiger partial charge < -0.3 is 10.1 Å². The largest absolute Gasteiger partial charge is 0.494 e. The molecule has 0 saturated carbocycles. The van der Waals surface area contributed by atoms with Gasteiger partial charge in [-0.2, -0.15) is 0 Å². The molecule has 2 nitrogen and oxygen atoms in total. The Morgan fingerprint density at radius 2 is 1.95 bits per heavy atom. The minimum atomic E-state index is -0.373. The third-order valence-corrected chi connectivity index (χ3v) is 3.92. The maximum atomic E-state index is 13.8. The van der Waals surface area contributed by atoms with E-state index >= 15 is 0 Å². The van der Waals surface area contributed by atoms with Crippen molar-refractivity contribution >= 4 is 23.2 Å². The molecule has 2 rings (SSSR count). The molecule has 2 aromatic carbocycles. The van der Waals surface area contributed by atoms with Crippen LogP contribution in [-0.4, -0.2) is 14.2 Å². The van der Waals surface area contributed by atoms with Crippen molar-refractivity contribution in [3.05, 3.63) is 63.4 Å². The number of benzene rings is 2. The van der Waals surface area contributed by atoms with Crippen LogP contribution in [0.4, 0.5) is 4.39 Å². The van der Waals surface area contributed by atoms with Crippen LogP contribution in [0, 0.1) is 5.82 Å². The molecule has 0 aliphatic carbocycles. The number of rotatable bonds is 5. The summed E-state index contributed by atoms with van der Waals surface area (Å²) in [5, 5.41) is 4.44. The lowest BCUT2D eigenvalue weighted by molar-refractivity contribution is 0.386. The van der Waals surface area contributed by atoms with Crippen molar-refractivity contribution < 1.29 is 9.13 Å². The Morgan fingerprint density at radius 3 is 2.57 bits per heavy atom. The van der Waals surface area contributed by atoms with E-state index in [1.165, 1.54) is 13.2 Å². The fourth-order valence-corrected chi connectivity index (χ4v) is 2.65. The van der Waals surface area contributed by atoms with Crippen molar-refractivity contribution in [2.24, 2.45) is 0 Å². The molecule has 112 valence electrons. The third-order valence-electron chi connectivity index (χ3n) is 3.34. The summed E-state index contributed by atoms with van der Waals surface area (Å²) in [6.45, 7) is 0. The van der Waals surface area contributed by atoms with Gasteiger partial charge in [0.05, 0.1) is 7.11 Å². The summed E-state index contributed by atoms with van der Waals surface area (Å²) in [6, 6.07) is 10.2. The van der Waals surface area contributed by atoms with Crippen LogP contribution in [0.25, 0.3) is 0 Å². The fraction of sp³-hybridized carbons (Fsp3) is 0.250. The minimum absolute atomic E-state index is 0.0519. The number of likely N-dealkylation sites (N-methyl/N-ethyl adjacent to an activating group) is 1. The number of halogens is 3. The van der Waals surface area contributed by atoms with E-state index in [1.54, 1.807) is 18.2 Å². The second-order valence-corrected chi connectivity index (χ2v) is 5.52. The molecule has 5 heteroatoms. The van der Waals surface area contributed by atoms with Crippen LogP contribution in [-0.2, 0) is 6.42 Å². The standard InChI is InChI=1S/C16H16Cl2FNO/c1-20-15(12-9-11(17)4-5-13(12)18)8-10-3-6-16(21-2)14(19)7-10/h3-7,9,15,20H,8H2,1-2H3. The molecule has 0 bridgehead atoms. The summed E-state index contributed by atoms with van der Waals surface area (Å²) in [6.07, 6.45) is 0.595. The van der Waals surface area contributed by atoms with E-state index in [-0.39, 0.29) is 17.6 Å². The van der Waals surface area contributed by atoms with E-state index in [9.17, 15) is 4.39 Å². The van der Waals surface area contributed by atoms with Crippen LogP contribution in [0.15, 0.2) is 36.4 Å². The normalized spacial score (nSPS) is 12.2. The smallest absolute Gasteiger partial charge is 0.165 e. The number of hydrogen-bond donors (Lipinski definition) is 1. The first-order chi connectivity index (χ1) is 10.0. The number of methoxy groups -OCH3 is 1. The van der Waals surface area contributed by atoms with E-state index < -0.39 is 0 Å². The van der Waals surface area contributed by atoms with Crippen LogP contribution in [0.1, 0.15) is 17.2 Å². The Labute approximate surface area is 133 Å². The zero-order chi connectivity index (χ0) is 15.4. The van der Waals surface area contributed by atoms with Crippen molar-refractivity contribution in [2.75, 3.05) is 14.2 Å². The zero-order valence-electron chi connectivity index (χ0n) is 11.8. The van der Waals surface area contributed by atoms with Crippen LogP contribution >= 0.6 is 23.2 Å². The number of hydrogen-bond acceptors (Lipinski definition) is 2. The molecule has 0 fully saturated rings. The molecule has 0 spiro atoms. The predicted octanol–water partition coefficient (Wildman–Crippen LogP) is 4.64. The van der Waals surface area contributed by atoms with Gasteiger partial charge in [-0.3, -0.25) is 0 Å². The minimum Gasteiger partial charge on any atom is -0.494 e. The average molecular weight is 328 g/mol. The number of ether oxygens (including phenoxy) is 1. The molecular formula is C16H16Cl2FNO. The van der Waals surface area contributed by atoms with E-state index in [4.69, 9.17) is 27.9 Å². The molecule has 0 aromatic heterocycles. The Bertz CT molecular complexity index is 634. The zero-order valence-corrected chi connectivity index (χ0v) is 13.3. The van der Waals surface area contributed by atoms with Gasteiger partial charge in [0.2, 0.25) is 0 Å². The summed E-state index contributed by atoms with van der Waals surface area (Å²) >= 11 is 12.2. The summed E-state index contributed by atoms with van der Waals surface area (Å²) < 4.78 is 18.7. The van der Waals surface area contributed by atoms with E-state index in [1.807, 2.05) is 19.2 Å². The maximum absolute atomic E-state index is 13.8. The molecule has 0 heterocycles. The SMILES string of the molecule is CNC(Cc1ccc(OC)c(F)c1)c1cc(Cl)ccc1Cl. The molecule has 1 N–H and O–H groups in total. The van der Waals surface area contributed by atoms with Gasteiger partial charge in [0.1, 0.15) is 0 Å². The molecule has 0 amide bonds. The van der Waals surface area contributed by atoms with Gasteiger partial charge in [0.25, 0.3) is 0 Å². The third kappa shape index (κ3) is 3.88. The first-order valence-corrected chi connectivity index (χ1v) is 7.25. The van der Waals surface area contributed by atoms with Gasteiger partial charge in [-0.25, -0.2) is 4.39 Å². The van der Waals surface area contributed by atoms with Gasteiger partial charge in [-0.15, -0.1) is 0 Å². The van der Waals surface area contributed by atoms with Crippen LogP contribution in [0.2, 0.25) is 10.0 Å². The first-order valence-electron chi connectivity index (χ1n) is 6.49. The van der Waals surface area contributed by atoms with E-state index in [0.717, 1.165) is 11.1 Å². The maximum Gasteiger partial charge on any atom is 0.165 e. The predicted molar refractivity (Wildman–Crippen MR) is 84.9 cm³/mol. The highest BCUT2D eigenvalue weighted by Crippen LogP contribution is 2.29. The fourth-order valence-electron chi connectivity index (χ4n) is 2.22. The van der Waals surface area contributed by atoms with Crippen LogP contribution in [0.5, 0.6) is 5.75 Å². The molecule has 1 unspecified atom stereocenters. The summed E-state index contributed by atoms with van der Waals surface area (Å²) in [7, 11) is 3.28. The molecule has 2 aromatic rings. The molecule has 0 aliphatic rings. The van der Waals surface area contributed by atoms with E-state index in [2.05, 4.69) is 5.32 Å². The first kappa shape index (κ1) is 16.1. The summed E-state index contributed by atoms with van der Waals surface area (Å²) in [4.78, 5) is 0. The highest BCUT2D eigenvalue weighted by Gasteiger charge is 2.15. The Morgan fingerprint density at radius 1 is 1.19 bits per heavy atom. The average Bonchev–Trinajstić information content (AvgIpc) is 2.47. The highest BCUT2D eigenvalue weighted by molar-refractivity contribution is 6.33. The molecule has 21 heavy (non-hydrogen) atoms. The Hall–Kier alpha value is -1.29. The van der Waals surface area contributed by atoms with Crippen molar-refractivity contribution in [2.45, 2.75) is 12.5 Å². The van der Waals surface area contributed by atoms with Gasteiger partial charge in [-0.1, -0.05) is 29.3 Å². The molecule has 0 aliphatic heterocycles. The topological polar surface area (TPSA) is 21.3 Å². The van der Waals surface area contributed by atoms with Crippen molar-refractivity contribution in [3.8, 4) is 5.75 Å². The van der Waals surface area contributed by atoms with Gasteiger partial charge >= 0.3 is 0 Å². The highest BCUT2D eigenvalue weighted by atomic mass is 35.5. The summed E-state index contributed by atoms with van der Waals surface area (Å²) in [5.74, 6) is -0.136. The Kier molecular flexibility index (Phi) is 5.45. The Balaban J connectivity index is 2.26. The van der Waals surface area contributed by atoms with E-state index in [0.29, 0.717) is 16.5 Å². The van der Waals surface area contributed by atoms with Crippen LogP contribution < -0.4 is 10.1 Å². The van der Waals surface area contributed by atoms with Gasteiger partial charge in [-0.05, 0) is 54.9 Å². The van der Waals surface area contributed by atoms with Crippen molar-refractivity contribution in [1.29, 1.82) is 0 Å². The molecule has 1 atom stereocenters. The monoisotopic (exact) mass is 327 g/mol. The molecular weight excluding hydrogens is 312 g/mol. The van der Waals surface area contributed by atoms with Gasteiger partial charge in [0, 0.05) is 16.1 Å². The second kappa shape index (κ2) is 7.12. The van der Waals surface area contributed by atoms with Crippen LogP contribution in [0.3, 0.4) is 0 Å². The number of nitrogens with one attached hydrogen (secondary N) is 1. The lowest BCUT2D eigenvalue weighted by Crippen LogP contribution is -2.19. The quantitative estimate of drug-likeness (QED) is 0.863. The lowest BCUT2D eigenvalue weighted by atomic mass is 9.98. The molecule has 0 radical (unpaired) electrons.